The van der Waals surface area contributed by atoms with E-state index in [4.69, 9.17) is 0 Å². The third kappa shape index (κ3) is 4.20. The lowest BCUT2D eigenvalue weighted by Gasteiger charge is -2.30. The molecule has 3 nitrogen and oxygen atoms in total. The maximum atomic E-state index is 11.2. The van der Waals surface area contributed by atoms with Crippen molar-refractivity contribution in [2.24, 2.45) is 5.92 Å². The number of aromatic carboxylic acids is 1. The fourth-order valence-electron chi connectivity index (χ4n) is 3.56. The Bertz CT molecular complexity index is 646. The van der Waals surface area contributed by atoms with Gasteiger partial charge in [-0.05, 0) is 30.7 Å². The normalized spacial score (nSPS) is 21.0. The summed E-state index contributed by atoms with van der Waals surface area (Å²) in [5.41, 5.74) is 2.65. The molecular formula is C20H23NO2. The topological polar surface area (TPSA) is 44.6 Å². The number of likely N-dealkylation sites (tertiary alicyclic amines) is 1. The minimum absolute atomic E-state index is 0.339. The highest BCUT2D eigenvalue weighted by Gasteiger charge is 2.23. The monoisotopic (exact) mass is 309 g/mol. The average molecular weight is 309 g/mol. The lowest BCUT2D eigenvalue weighted by Crippen LogP contribution is -3.11. The zero-order valence-corrected chi connectivity index (χ0v) is 13.3. The van der Waals surface area contributed by atoms with Gasteiger partial charge >= 0.3 is 0 Å². The van der Waals surface area contributed by atoms with E-state index >= 15 is 0 Å². The van der Waals surface area contributed by atoms with Crippen molar-refractivity contribution in [2.75, 3.05) is 13.1 Å². The minimum atomic E-state index is -1.07. The van der Waals surface area contributed by atoms with Crippen molar-refractivity contribution < 1.29 is 14.8 Å². The predicted octanol–water partition coefficient (Wildman–Crippen LogP) is 1.09. The number of carbonyl (C=O) groups is 1. The van der Waals surface area contributed by atoms with Crippen LogP contribution in [0.1, 0.15) is 34.3 Å². The number of rotatable bonds is 5. The first-order valence-electron chi connectivity index (χ1n) is 8.39. The second-order valence-electron chi connectivity index (χ2n) is 6.50. The lowest BCUT2D eigenvalue weighted by molar-refractivity contribution is -0.919. The maximum Gasteiger partial charge on any atom is 0.103 e. The number of quaternary nitrogens is 1. The summed E-state index contributed by atoms with van der Waals surface area (Å²) < 4.78 is 0. The van der Waals surface area contributed by atoms with E-state index in [2.05, 4.69) is 30.3 Å². The van der Waals surface area contributed by atoms with Crippen LogP contribution in [0.4, 0.5) is 0 Å². The number of carbonyl (C=O) groups excluding carboxylic acids is 1. The van der Waals surface area contributed by atoms with Crippen LogP contribution in [-0.2, 0) is 13.0 Å². The molecule has 23 heavy (non-hydrogen) atoms. The van der Waals surface area contributed by atoms with Gasteiger partial charge in [-0.3, -0.25) is 0 Å². The van der Waals surface area contributed by atoms with Crippen molar-refractivity contribution in [1.82, 2.24) is 0 Å². The molecule has 120 valence electrons. The summed E-state index contributed by atoms with van der Waals surface area (Å²) in [6, 6.07) is 17.9. The SMILES string of the molecule is O=C([O-])c1ccccc1C[NH+]1CCC(Cc2ccccc2)CC1. The summed E-state index contributed by atoms with van der Waals surface area (Å²) in [6.07, 6.45) is 3.57. The third-order valence-corrected chi connectivity index (χ3v) is 4.86. The molecule has 1 aliphatic heterocycles. The molecule has 0 atom stereocenters. The molecule has 1 aliphatic rings. The quantitative estimate of drug-likeness (QED) is 0.898. The van der Waals surface area contributed by atoms with Crippen molar-refractivity contribution in [3.05, 3.63) is 71.3 Å². The smallest absolute Gasteiger partial charge is 0.103 e. The summed E-state index contributed by atoms with van der Waals surface area (Å²) in [5.74, 6) is -0.323. The Morgan fingerprint density at radius 2 is 1.65 bits per heavy atom. The first kappa shape index (κ1) is 15.8. The molecule has 3 heteroatoms. The van der Waals surface area contributed by atoms with E-state index in [9.17, 15) is 9.90 Å². The standard InChI is InChI=1S/C20H23NO2/c22-20(23)19-9-5-4-8-18(19)15-21-12-10-17(11-13-21)14-16-6-2-1-3-7-16/h1-9,17H,10-15H2,(H,22,23). The first-order valence-corrected chi connectivity index (χ1v) is 8.39. The summed E-state index contributed by atoms with van der Waals surface area (Å²) in [7, 11) is 0. The fourth-order valence-corrected chi connectivity index (χ4v) is 3.56. The van der Waals surface area contributed by atoms with Crippen LogP contribution in [0, 0.1) is 5.92 Å². The van der Waals surface area contributed by atoms with Gasteiger partial charge < -0.3 is 14.8 Å². The Morgan fingerprint density at radius 1 is 1.00 bits per heavy atom. The highest BCUT2D eigenvalue weighted by Crippen LogP contribution is 2.17. The molecule has 3 rings (SSSR count). The molecule has 0 saturated carbocycles. The molecule has 0 spiro atoms. The van der Waals surface area contributed by atoms with Crippen LogP contribution in [0.5, 0.6) is 0 Å². The summed E-state index contributed by atoms with van der Waals surface area (Å²) in [6.45, 7) is 3.00. The Hall–Kier alpha value is -2.13. The summed E-state index contributed by atoms with van der Waals surface area (Å²) in [5, 5.41) is 11.2. The van der Waals surface area contributed by atoms with Gasteiger partial charge in [0.2, 0.25) is 0 Å². The zero-order valence-electron chi connectivity index (χ0n) is 13.3. The second-order valence-corrected chi connectivity index (χ2v) is 6.50. The predicted molar refractivity (Wildman–Crippen MR) is 88.0 cm³/mol. The van der Waals surface area contributed by atoms with E-state index in [-0.39, 0.29) is 0 Å². The highest BCUT2D eigenvalue weighted by molar-refractivity contribution is 5.87. The van der Waals surface area contributed by atoms with E-state index in [1.54, 1.807) is 12.1 Å². The Balaban J connectivity index is 1.54. The van der Waals surface area contributed by atoms with Crippen molar-refractivity contribution in [3.63, 3.8) is 0 Å². The van der Waals surface area contributed by atoms with Gasteiger partial charge in [0.1, 0.15) is 6.54 Å². The Labute approximate surface area is 137 Å². The van der Waals surface area contributed by atoms with Crippen LogP contribution < -0.4 is 10.0 Å². The van der Waals surface area contributed by atoms with Gasteiger partial charge in [0, 0.05) is 11.1 Å². The van der Waals surface area contributed by atoms with Gasteiger partial charge in [-0.2, -0.15) is 0 Å². The molecule has 0 bridgehead atoms. The lowest BCUT2D eigenvalue weighted by atomic mass is 9.90. The van der Waals surface area contributed by atoms with Crippen molar-refractivity contribution >= 4 is 5.97 Å². The summed E-state index contributed by atoms with van der Waals surface area (Å²) >= 11 is 0. The number of hydrogen-bond donors (Lipinski definition) is 1. The maximum absolute atomic E-state index is 11.2. The van der Waals surface area contributed by atoms with Crippen LogP contribution in [-0.4, -0.2) is 19.1 Å². The molecule has 0 aliphatic carbocycles. The molecular weight excluding hydrogens is 286 g/mol. The van der Waals surface area contributed by atoms with Crippen molar-refractivity contribution in [2.45, 2.75) is 25.8 Å². The van der Waals surface area contributed by atoms with Crippen LogP contribution in [0.3, 0.4) is 0 Å². The molecule has 1 heterocycles. The van der Waals surface area contributed by atoms with Crippen LogP contribution in [0.2, 0.25) is 0 Å². The average Bonchev–Trinajstić information content (AvgIpc) is 2.58. The van der Waals surface area contributed by atoms with E-state index in [0.29, 0.717) is 5.56 Å². The van der Waals surface area contributed by atoms with E-state index < -0.39 is 5.97 Å². The molecule has 0 aromatic heterocycles. The number of nitrogens with one attached hydrogen (secondary N) is 1. The second kappa shape index (κ2) is 7.42. The molecule has 0 radical (unpaired) electrons. The molecule has 0 amide bonds. The molecule has 2 aromatic rings. The van der Waals surface area contributed by atoms with Gasteiger partial charge in [-0.15, -0.1) is 0 Å². The molecule has 2 aromatic carbocycles. The van der Waals surface area contributed by atoms with Gasteiger partial charge in [0.15, 0.2) is 0 Å². The number of hydrogen-bond acceptors (Lipinski definition) is 2. The number of benzene rings is 2. The van der Waals surface area contributed by atoms with E-state index in [1.807, 2.05) is 12.1 Å². The minimum Gasteiger partial charge on any atom is -0.545 e. The van der Waals surface area contributed by atoms with Gasteiger partial charge in [0.25, 0.3) is 0 Å². The van der Waals surface area contributed by atoms with Crippen molar-refractivity contribution in [1.29, 1.82) is 0 Å². The fraction of sp³-hybridized carbons (Fsp3) is 0.350. The zero-order chi connectivity index (χ0) is 16.1. The Morgan fingerprint density at radius 3 is 2.35 bits per heavy atom. The van der Waals surface area contributed by atoms with Crippen LogP contribution in [0.25, 0.3) is 0 Å². The molecule has 0 unspecified atom stereocenters. The largest absolute Gasteiger partial charge is 0.545 e. The Kier molecular flexibility index (Phi) is 5.09. The number of piperidine rings is 1. The van der Waals surface area contributed by atoms with Gasteiger partial charge in [0.05, 0.1) is 19.1 Å². The van der Waals surface area contributed by atoms with E-state index in [0.717, 1.165) is 37.5 Å². The van der Waals surface area contributed by atoms with Crippen LogP contribution in [0.15, 0.2) is 54.6 Å². The molecule has 1 N–H and O–H groups in total. The summed E-state index contributed by atoms with van der Waals surface area (Å²) in [4.78, 5) is 12.7. The van der Waals surface area contributed by atoms with Crippen molar-refractivity contribution in [3.8, 4) is 0 Å². The van der Waals surface area contributed by atoms with E-state index in [1.165, 1.54) is 23.3 Å². The molecule has 1 saturated heterocycles. The first-order chi connectivity index (χ1) is 11.2. The van der Waals surface area contributed by atoms with Gasteiger partial charge in [-0.1, -0.05) is 54.6 Å². The third-order valence-electron chi connectivity index (χ3n) is 4.86. The molecule has 1 fully saturated rings. The van der Waals surface area contributed by atoms with Gasteiger partial charge in [-0.25, -0.2) is 0 Å². The number of carboxylic acid groups (broad SMARTS) is 1. The highest BCUT2D eigenvalue weighted by atomic mass is 16.4. The van der Waals surface area contributed by atoms with Crippen LogP contribution >= 0.6 is 0 Å². The number of carboxylic acids is 1.